The maximum absolute atomic E-state index is 13.2. The normalized spacial score (nSPS) is 13.6. The van der Waals surface area contributed by atoms with Crippen LogP contribution < -0.4 is 11.1 Å². The molecule has 1 aliphatic rings. The quantitative estimate of drug-likeness (QED) is 0.334. The number of carbonyl (C=O) groups excluding carboxylic acids is 2. The van der Waals surface area contributed by atoms with E-state index >= 15 is 0 Å². The van der Waals surface area contributed by atoms with Crippen LogP contribution in [0.3, 0.4) is 0 Å². The third-order valence-electron chi connectivity index (χ3n) is 6.62. The lowest BCUT2D eigenvalue weighted by molar-refractivity contribution is -0.137. The average Bonchev–Trinajstić information content (AvgIpc) is 3.36. The number of rotatable bonds is 5. The van der Waals surface area contributed by atoms with Crippen molar-refractivity contribution in [1.82, 2.24) is 4.90 Å². The minimum Gasteiger partial charge on any atom is -0.332 e. The van der Waals surface area contributed by atoms with Crippen LogP contribution in [0.25, 0.3) is 11.1 Å². The first-order valence-electron chi connectivity index (χ1n) is 12.0. The monoisotopic (exact) mass is 515 g/mol. The molecular weight excluding hydrogens is 491 g/mol. The zero-order valence-electron chi connectivity index (χ0n) is 20.2. The molecule has 1 atom stereocenters. The molecule has 3 N–H and O–H groups in total. The largest absolute Gasteiger partial charge is 0.416 e. The molecule has 0 radical (unpaired) electrons. The van der Waals surface area contributed by atoms with Gasteiger partial charge in [-0.25, -0.2) is 0 Å². The molecule has 5 nitrogen and oxygen atoms in total. The van der Waals surface area contributed by atoms with Crippen LogP contribution in [-0.4, -0.2) is 16.7 Å². The Kier molecular flexibility index (Phi) is 6.73. The predicted octanol–water partition coefficient (Wildman–Crippen LogP) is 6.17. The Labute approximate surface area is 217 Å². The van der Waals surface area contributed by atoms with E-state index in [0.717, 1.165) is 28.8 Å². The molecule has 192 valence electrons. The highest BCUT2D eigenvalue weighted by Crippen LogP contribution is 2.33. The summed E-state index contributed by atoms with van der Waals surface area (Å²) in [4.78, 5) is 27.8. The summed E-state index contributed by atoms with van der Waals surface area (Å²) in [6.45, 7) is 0.806. The predicted molar refractivity (Wildman–Crippen MR) is 139 cm³/mol. The Hall–Kier alpha value is -4.43. The first kappa shape index (κ1) is 25.2. The molecule has 0 aliphatic carbocycles. The van der Waals surface area contributed by atoms with E-state index in [1.807, 2.05) is 42.5 Å². The molecule has 4 aromatic rings. The number of nitrogens with zero attached hydrogens (tertiary/aromatic N) is 1. The fraction of sp³-hybridized carbons (Fsp3) is 0.133. The van der Waals surface area contributed by atoms with Crippen molar-refractivity contribution in [3.05, 3.63) is 125 Å². The number of amides is 2. The molecule has 2 amide bonds. The summed E-state index contributed by atoms with van der Waals surface area (Å²) in [5.74, 6) is -0.569. The number of halogens is 3. The van der Waals surface area contributed by atoms with Gasteiger partial charge in [-0.15, -0.1) is 0 Å². The van der Waals surface area contributed by atoms with Crippen LogP contribution in [0.2, 0.25) is 0 Å². The maximum atomic E-state index is 13.2. The summed E-state index contributed by atoms with van der Waals surface area (Å²) in [5, 5.41) is 2.88. The zero-order chi connectivity index (χ0) is 26.9. The lowest BCUT2D eigenvalue weighted by Crippen LogP contribution is -2.35. The van der Waals surface area contributed by atoms with Crippen molar-refractivity contribution in [3.8, 4) is 11.1 Å². The average molecular weight is 516 g/mol. The van der Waals surface area contributed by atoms with Crippen molar-refractivity contribution in [2.24, 2.45) is 5.73 Å². The standard InChI is InChI=1S/C30H24F3N3O2/c31-30(32,33)23-13-10-19(11-14-23)25-8-4-5-9-26(25)28(37)35-24-15-12-21-17-36(18-22(21)16-24)29(38)27(34)20-6-2-1-3-7-20/h1-16,27H,17-18,34H2,(H,35,37). The molecule has 1 unspecified atom stereocenters. The first-order chi connectivity index (χ1) is 18.2. The molecule has 1 aliphatic heterocycles. The van der Waals surface area contributed by atoms with Gasteiger partial charge in [-0.2, -0.15) is 13.2 Å². The molecular formula is C30H24F3N3O2. The van der Waals surface area contributed by atoms with E-state index in [1.165, 1.54) is 12.1 Å². The summed E-state index contributed by atoms with van der Waals surface area (Å²) in [6, 6.07) is 25.4. The summed E-state index contributed by atoms with van der Waals surface area (Å²) < 4.78 is 38.9. The van der Waals surface area contributed by atoms with Gasteiger partial charge in [0.05, 0.1) is 5.56 Å². The maximum Gasteiger partial charge on any atom is 0.416 e. The van der Waals surface area contributed by atoms with Crippen LogP contribution in [-0.2, 0) is 24.1 Å². The van der Waals surface area contributed by atoms with E-state index < -0.39 is 23.7 Å². The van der Waals surface area contributed by atoms with Crippen molar-refractivity contribution in [2.75, 3.05) is 5.32 Å². The molecule has 5 rings (SSSR count). The second-order valence-electron chi connectivity index (χ2n) is 9.14. The molecule has 8 heteroatoms. The van der Waals surface area contributed by atoms with Crippen LogP contribution in [0.4, 0.5) is 18.9 Å². The van der Waals surface area contributed by atoms with Crippen molar-refractivity contribution in [2.45, 2.75) is 25.3 Å². The van der Waals surface area contributed by atoms with Crippen molar-refractivity contribution < 1.29 is 22.8 Å². The SMILES string of the molecule is NC(C(=O)N1Cc2ccc(NC(=O)c3ccccc3-c3ccc(C(F)(F)F)cc3)cc2C1)c1ccccc1. The van der Waals surface area contributed by atoms with E-state index in [0.29, 0.717) is 35.5 Å². The summed E-state index contributed by atoms with van der Waals surface area (Å²) in [7, 11) is 0. The Balaban J connectivity index is 1.31. The number of hydrogen-bond acceptors (Lipinski definition) is 3. The molecule has 0 saturated heterocycles. The highest BCUT2D eigenvalue weighted by Gasteiger charge is 2.30. The lowest BCUT2D eigenvalue weighted by atomic mass is 9.98. The molecule has 0 spiro atoms. The third kappa shape index (κ3) is 5.17. The smallest absolute Gasteiger partial charge is 0.332 e. The fourth-order valence-electron chi connectivity index (χ4n) is 4.60. The van der Waals surface area contributed by atoms with E-state index in [2.05, 4.69) is 5.32 Å². The van der Waals surface area contributed by atoms with Crippen LogP contribution in [0, 0.1) is 0 Å². The molecule has 4 aromatic carbocycles. The van der Waals surface area contributed by atoms with E-state index in [1.54, 1.807) is 35.2 Å². The highest BCUT2D eigenvalue weighted by molar-refractivity contribution is 6.08. The van der Waals surface area contributed by atoms with Gasteiger partial charge >= 0.3 is 6.18 Å². The minimum atomic E-state index is -4.43. The van der Waals surface area contributed by atoms with Gasteiger partial charge < -0.3 is 16.0 Å². The van der Waals surface area contributed by atoms with Gasteiger partial charge in [0.1, 0.15) is 6.04 Å². The summed E-state index contributed by atoms with van der Waals surface area (Å²) in [5.41, 5.74) is 9.98. The highest BCUT2D eigenvalue weighted by atomic mass is 19.4. The number of benzene rings is 4. The third-order valence-corrected chi connectivity index (χ3v) is 6.62. The van der Waals surface area contributed by atoms with E-state index in [9.17, 15) is 22.8 Å². The Morgan fingerprint density at radius 3 is 2.18 bits per heavy atom. The second kappa shape index (κ2) is 10.1. The topological polar surface area (TPSA) is 75.4 Å². The van der Waals surface area contributed by atoms with Crippen LogP contribution in [0.1, 0.15) is 38.7 Å². The van der Waals surface area contributed by atoms with Crippen LogP contribution >= 0.6 is 0 Å². The number of fused-ring (bicyclic) bond motifs is 1. The lowest BCUT2D eigenvalue weighted by Gasteiger charge is -2.20. The number of carbonyl (C=O) groups is 2. The number of hydrogen-bond donors (Lipinski definition) is 2. The first-order valence-corrected chi connectivity index (χ1v) is 12.0. The number of nitrogens with two attached hydrogens (primary N) is 1. The molecule has 1 heterocycles. The number of anilines is 1. The summed E-state index contributed by atoms with van der Waals surface area (Å²) in [6.07, 6.45) is -4.43. The van der Waals surface area contributed by atoms with E-state index in [-0.39, 0.29) is 5.91 Å². The zero-order valence-corrected chi connectivity index (χ0v) is 20.2. The van der Waals surface area contributed by atoms with Crippen molar-refractivity contribution in [3.63, 3.8) is 0 Å². The molecule has 38 heavy (non-hydrogen) atoms. The molecule has 0 fully saturated rings. The Morgan fingerprint density at radius 2 is 1.47 bits per heavy atom. The molecule has 0 saturated carbocycles. The van der Waals surface area contributed by atoms with Gasteiger partial charge in [0.15, 0.2) is 0 Å². The second-order valence-corrected chi connectivity index (χ2v) is 9.14. The van der Waals surface area contributed by atoms with Crippen LogP contribution in [0.15, 0.2) is 97.1 Å². The number of alkyl halides is 3. The van der Waals surface area contributed by atoms with Crippen molar-refractivity contribution in [1.29, 1.82) is 0 Å². The molecule has 0 bridgehead atoms. The van der Waals surface area contributed by atoms with E-state index in [4.69, 9.17) is 5.73 Å². The van der Waals surface area contributed by atoms with Crippen LogP contribution in [0.5, 0.6) is 0 Å². The van der Waals surface area contributed by atoms with Gasteiger partial charge in [0.25, 0.3) is 5.91 Å². The summed E-state index contributed by atoms with van der Waals surface area (Å²) >= 11 is 0. The van der Waals surface area contributed by atoms with Crippen molar-refractivity contribution >= 4 is 17.5 Å². The Morgan fingerprint density at radius 1 is 0.816 bits per heavy atom. The van der Waals surface area contributed by atoms with Gasteiger partial charge in [-0.05, 0) is 58.1 Å². The van der Waals surface area contributed by atoms with Gasteiger partial charge in [0.2, 0.25) is 5.91 Å². The fourth-order valence-corrected chi connectivity index (χ4v) is 4.60. The van der Waals surface area contributed by atoms with Gasteiger partial charge in [0, 0.05) is 24.3 Å². The minimum absolute atomic E-state index is 0.177. The van der Waals surface area contributed by atoms with Gasteiger partial charge in [-0.1, -0.05) is 66.7 Å². The molecule has 0 aromatic heterocycles. The van der Waals surface area contributed by atoms with Gasteiger partial charge in [-0.3, -0.25) is 9.59 Å². The number of nitrogens with one attached hydrogen (secondary N) is 1. The Bertz CT molecular complexity index is 1490.